The SMILES string of the molecule is Cc1ccc([Se]c2cccc3cccc([Se]C#C[Se]c4cccc5cccc([Se]C#C[Se]c6cccc7cccc([Se]c8ccc(C)cc8)c67)c45)c23)cc1. The van der Waals surface area contributed by atoms with Crippen LogP contribution in [0.3, 0.4) is 0 Å². The van der Waals surface area contributed by atoms with E-state index in [2.05, 4.69) is 191 Å². The topological polar surface area (TPSA) is 0 Å². The molecule has 0 aliphatic rings. The molecule has 8 aromatic carbocycles. The van der Waals surface area contributed by atoms with Gasteiger partial charge in [-0.15, -0.1) is 0 Å². The molecule has 0 unspecified atom stereocenters. The van der Waals surface area contributed by atoms with Crippen molar-refractivity contribution in [2.24, 2.45) is 0 Å². The van der Waals surface area contributed by atoms with E-state index in [1.807, 2.05) is 0 Å². The van der Waals surface area contributed by atoms with E-state index in [9.17, 15) is 0 Å². The summed E-state index contributed by atoms with van der Waals surface area (Å²) in [5.41, 5.74) is 2.62. The minimum absolute atomic E-state index is 0.0581. The first-order valence-electron chi connectivity index (χ1n) is 17.3. The summed E-state index contributed by atoms with van der Waals surface area (Å²) < 4.78 is 11.2. The van der Waals surface area contributed by atoms with Crippen molar-refractivity contribution in [3.05, 3.63) is 169 Å². The Morgan fingerprint density at radius 1 is 0.296 bits per heavy atom. The second-order valence-electron chi connectivity index (χ2n) is 12.5. The summed E-state index contributed by atoms with van der Waals surface area (Å²) in [5.74, 6) is 0. The Morgan fingerprint density at radius 3 is 0.852 bits per heavy atom. The molecule has 0 bridgehead atoms. The van der Waals surface area contributed by atoms with Crippen LogP contribution in [0, 0.1) is 33.1 Å². The molecule has 0 aromatic heterocycles. The number of benzene rings is 8. The van der Waals surface area contributed by atoms with Gasteiger partial charge >= 0.3 is 360 Å². The number of hydrogen-bond acceptors (Lipinski definition) is 0. The van der Waals surface area contributed by atoms with Gasteiger partial charge in [-0.05, 0) is 0 Å². The zero-order valence-corrected chi connectivity index (χ0v) is 39.7. The van der Waals surface area contributed by atoms with Crippen LogP contribution in [-0.2, 0) is 0 Å². The van der Waals surface area contributed by atoms with Crippen LogP contribution < -0.4 is 35.7 Å². The Kier molecular flexibility index (Phi) is 12.7. The van der Waals surface area contributed by atoms with Gasteiger partial charge in [-0.2, -0.15) is 0 Å². The quantitative estimate of drug-likeness (QED) is 0.162. The fourth-order valence-electron chi connectivity index (χ4n) is 6.10. The van der Waals surface area contributed by atoms with Crippen LogP contribution >= 0.6 is 0 Å². The van der Waals surface area contributed by atoms with Crippen LogP contribution in [-0.4, -0.2) is 89.7 Å². The van der Waals surface area contributed by atoms with Crippen molar-refractivity contribution in [1.82, 2.24) is 0 Å². The van der Waals surface area contributed by atoms with E-state index in [0.29, 0.717) is 0 Å². The van der Waals surface area contributed by atoms with Crippen molar-refractivity contribution in [2.45, 2.75) is 13.8 Å². The molecule has 0 heterocycles. The Labute approximate surface area is 356 Å². The van der Waals surface area contributed by atoms with Gasteiger partial charge in [0.2, 0.25) is 0 Å². The van der Waals surface area contributed by atoms with Gasteiger partial charge in [0.1, 0.15) is 0 Å². The molecule has 54 heavy (non-hydrogen) atoms. The summed E-state index contributed by atoms with van der Waals surface area (Å²) in [7, 11) is 0. The molecule has 8 aromatic rings. The van der Waals surface area contributed by atoms with Crippen molar-refractivity contribution in [2.75, 3.05) is 0 Å². The van der Waals surface area contributed by atoms with Crippen molar-refractivity contribution in [1.29, 1.82) is 0 Å². The van der Waals surface area contributed by atoms with Crippen LogP contribution in [0.1, 0.15) is 11.1 Å². The summed E-state index contributed by atoms with van der Waals surface area (Å²) in [5, 5.41) is 8.11. The fraction of sp³-hybridized carbons (Fsp3) is 0.0417. The van der Waals surface area contributed by atoms with Crippen molar-refractivity contribution in [3.63, 3.8) is 0 Å². The standard InChI is InChI=1S/C48H32Se6/c1-33-21-25-38(26-22-33)53-44-19-7-13-36-11-5-17-42(47(36)44)51-31-29-49-40-15-3-9-35-10-4-16-41(46(35)40)50-30-32-52-43-18-6-12-37-14-8-20-45(48(37)43)54-39-27-23-34(2)24-28-39/h3-28H,1-2H3. The first kappa shape index (κ1) is 37.7. The maximum absolute atomic E-state index is 3.66. The molecule has 0 aliphatic heterocycles. The molecule has 0 saturated carbocycles. The molecule has 260 valence electrons. The third kappa shape index (κ3) is 9.07. The summed E-state index contributed by atoms with van der Waals surface area (Å²) in [6.45, 7) is 4.31. The molecule has 0 nitrogen and oxygen atoms in total. The predicted molar refractivity (Wildman–Crippen MR) is 241 cm³/mol. The minimum atomic E-state index is 0.0581. The number of hydrogen-bond donors (Lipinski definition) is 0. The Hall–Kier alpha value is -3.22. The van der Waals surface area contributed by atoms with Crippen LogP contribution in [0.2, 0.25) is 0 Å². The van der Waals surface area contributed by atoms with Gasteiger partial charge in [0.25, 0.3) is 0 Å². The van der Waals surface area contributed by atoms with Gasteiger partial charge in [-0.1, -0.05) is 0 Å². The molecular formula is C48H32Se6. The molecule has 0 spiro atoms. The average Bonchev–Trinajstić information content (AvgIpc) is 3.20. The van der Waals surface area contributed by atoms with Crippen molar-refractivity contribution in [3.8, 4) is 19.3 Å². The molecule has 0 N–H and O–H groups in total. The Bertz CT molecular complexity index is 2550. The average molecular weight is 1080 g/mol. The van der Waals surface area contributed by atoms with Crippen LogP contribution in [0.4, 0.5) is 0 Å². The molecular weight excluding hydrogens is 1050 g/mol. The Morgan fingerprint density at radius 2 is 0.556 bits per heavy atom. The molecule has 0 fully saturated rings. The second-order valence-corrected chi connectivity index (χ2v) is 24.3. The summed E-state index contributed by atoms with van der Waals surface area (Å²) >= 11 is 0.776. The number of rotatable bonds is 8. The molecule has 0 saturated heterocycles. The zero-order valence-electron chi connectivity index (χ0n) is 29.5. The molecule has 6 heteroatoms. The van der Waals surface area contributed by atoms with E-state index in [4.69, 9.17) is 0 Å². The van der Waals surface area contributed by atoms with E-state index >= 15 is 0 Å². The van der Waals surface area contributed by atoms with Crippen LogP contribution in [0.15, 0.2) is 158 Å². The molecule has 0 aliphatic carbocycles. The summed E-state index contributed by atoms with van der Waals surface area (Å²) in [6.07, 6.45) is 0. The second kappa shape index (κ2) is 18.2. The van der Waals surface area contributed by atoms with Crippen LogP contribution in [0.5, 0.6) is 0 Å². The van der Waals surface area contributed by atoms with Crippen molar-refractivity contribution >= 4 is 158 Å². The normalized spacial score (nSPS) is 10.9. The van der Waals surface area contributed by atoms with Gasteiger partial charge < -0.3 is 0 Å². The van der Waals surface area contributed by atoms with E-state index in [1.165, 1.54) is 79.1 Å². The Balaban J connectivity index is 1.00. The predicted octanol–water partition coefficient (Wildman–Crippen LogP) is 3.63. The third-order valence-corrected chi connectivity index (χ3v) is 20.9. The van der Waals surface area contributed by atoms with Gasteiger partial charge in [-0.3, -0.25) is 0 Å². The van der Waals surface area contributed by atoms with E-state index in [-0.39, 0.29) is 89.7 Å². The first-order chi connectivity index (χ1) is 26.6. The van der Waals surface area contributed by atoms with Gasteiger partial charge in [-0.25, -0.2) is 0 Å². The summed E-state index contributed by atoms with van der Waals surface area (Å²) in [4.78, 5) is 14.6. The van der Waals surface area contributed by atoms with Gasteiger partial charge in [0, 0.05) is 0 Å². The van der Waals surface area contributed by atoms with E-state index < -0.39 is 0 Å². The van der Waals surface area contributed by atoms with Crippen LogP contribution in [0.25, 0.3) is 32.3 Å². The molecule has 0 atom stereocenters. The maximum atomic E-state index is 3.66. The fourth-order valence-corrected chi connectivity index (χ4v) is 18.4. The zero-order chi connectivity index (χ0) is 36.7. The van der Waals surface area contributed by atoms with E-state index in [0.717, 1.165) is 0 Å². The molecule has 0 radical (unpaired) electrons. The molecule has 8 rings (SSSR count). The number of fused-ring (bicyclic) bond motifs is 3. The molecule has 0 amide bonds. The number of aryl methyl sites for hydroxylation is 2. The summed E-state index contributed by atoms with van der Waals surface area (Å²) in [6, 6.07) is 58.5. The van der Waals surface area contributed by atoms with Crippen molar-refractivity contribution < 1.29 is 0 Å². The third-order valence-electron chi connectivity index (χ3n) is 8.71. The van der Waals surface area contributed by atoms with Gasteiger partial charge in [0.05, 0.1) is 0 Å². The van der Waals surface area contributed by atoms with E-state index in [1.54, 1.807) is 0 Å². The first-order valence-corrected chi connectivity index (χ1v) is 27.6. The monoisotopic (exact) mass is 1090 g/mol. The van der Waals surface area contributed by atoms with Gasteiger partial charge in [0.15, 0.2) is 0 Å².